The predicted molar refractivity (Wildman–Crippen MR) is 72.3 cm³/mol. The lowest BCUT2D eigenvalue weighted by molar-refractivity contribution is 0.210. The van der Waals surface area contributed by atoms with Gasteiger partial charge in [-0.3, -0.25) is 0 Å². The SMILES string of the molecule is CCNOS(=O)(=O)c1cc(O)c2cc(C)ccc2c1. The molecular weight excluding hydrogens is 266 g/mol. The standard InChI is InChI=1S/C13H15NO4S/c1-3-14-18-19(16,17)11-7-10-5-4-9(2)6-12(10)13(15)8-11/h4-8,14-15H,3H2,1-2H3. The molecule has 0 spiro atoms. The monoisotopic (exact) mass is 281 g/mol. The molecule has 0 aliphatic rings. The Morgan fingerprint density at radius 2 is 2.00 bits per heavy atom. The van der Waals surface area contributed by atoms with Crippen LogP contribution in [0.4, 0.5) is 0 Å². The maximum Gasteiger partial charge on any atom is 0.313 e. The lowest BCUT2D eigenvalue weighted by Gasteiger charge is -2.08. The molecule has 0 heterocycles. The van der Waals surface area contributed by atoms with Crippen molar-refractivity contribution < 1.29 is 17.8 Å². The number of aromatic hydroxyl groups is 1. The van der Waals surface area contributed by atoms with Gasteiger partial charge < -0.3 is 5.11 Å². The largest absolute Gasteiger partial charge is 0.507 e. The summed E-state index contributed by atoms with van der Waals surface area (Å²) >= 11 is 0. The average Bonchev–Trinajstić information content (AvgIpc) is 2.37. The van der Waals surface area contributed by atoms with E-state index in [1.54, 1.807) is 19.1 Å². The molecule has 0 aliphatic carbocycles. The summed E-state index contributed by atoms with van der Waals surface area (Å²) in [6, 6.07) is 8.07. The zero-order chi connectivity index (χ0) is 14.0. The molecule has 0 aromatic heterocycles. The van der Waals surface area contributed by atoms with E-state index in [0.717, 1.165) is 5.56 Å². The third-order valence-corrected chi connectivity index (χ3v) is 3.81. The molecule has 2 aromatic carbocycles. The topological polar surface area (TPSA) is 75.6 Å². The van der Waals surface area contributed by atoms with Crippen molar-refractivity contribution in [1.29, 1.82) is 0 Å². The van der Waals surface area contributed by atoms with Gasteiger partial charge in [-0.2, -0.15) is 18.2 Å². The Labute approximate surface area is 111 Å². The van der Waals surface area contributed by atoms with E-state index in [4.69, 9.17) is 0 Å². The first-order valence-corrected chi connectivity index (χ1v) is 7.24. The van der Waals surface area contributed by atoms with Crippen LogP contribution in [0, 0.1) is 6.92 Å². The molecule has 0 atom stereocenters. The molecule has 0 unspecified atom stereocenters. The van der Waals surface area contributed by atoms with Crippen molar-refractivity contribution in [2.45, 2.75) is 18.7 Å². The van der Waals surface area contributed by atoms with E-state index >= 15 is 0 Å². The zero-order valence-corrected chi connectivity index (χ0v) is 11.5. The summed E-state index contributed by atoms with van der Waals surface area (Å²) in [7, 11) is -3.92. The van der Waals surface area contributed by atoms with Crippen LogP contribution in [0.5, 0.6) is 5.75 Å². The van der Waals surface area contributed by atoms with E-state index in [2.05, 4.69) is 9.76 Å². The molecular formula is C13H15NO4S. The Hall–Kier alpha value is -1.63. The lowest BCUT2D eigenvalue weighted by Crippen LogP contribution is -2.19. The molecule has 0 amide bonds. The molecule has 2 N–H and O–H groups in total. The highest BCUT2D eigenvalue weighted by Crippen LogP contribution is 2.29. The van der Waals surface area contributed by atoms with E-state index in [9.17, 15) is 13.5 Å². The van der Waals surface area contributed by atoms with Gasteiger partial charge in [-0.15, -0.1) is 0 Å². The Kier molecular flexibility index (Phi) is 3.75. The van der Waals surface area contributed by atoms with Crippen molar-refractivity contribution >= 4 is 20.9 Å². The van der Waals surface area contributed by atoms with Crippen LogP contribution in [0.1, 0.15) is 12.5 Å². The van der Waals surface area contributed by atoms with Crippen molar-refractivity contribution in [3.63, 3.8) is 0 Å². The number of aryl methyl sites for hydroxylation is 1. The van der Waals surface area contributed by atoms with E-state index in [0.29, 0.717) is 17.3 Å². The molecule has 0 aliphatic heterocycles. The van der Waals surface area contributed by atoms with Crippen LogP contribution in [0.15, 0.2) is 35.2 Å². The van der Waals surface area contributed by atoms with E-state index in [-0.39, 0.29) is 10.6 Å². The summed E-state index contributed by atoms with van der Waals surface area (Å²) in [6.07, 6.45) is 0. The average molecular weight is 281 g/mol. The number of hydrogen-bond acceptors (Lipinski definition) is 5. The van der Waals surface area contributed by atoms with Crippen LogP contribution in [0.3, 0.4) is 0 Å². The van der Waals surface area contributed by atoms with Gasteiger partial charge in [-0.1, -0.05) is 24.6 Å². The van der Waals surface area contributed by atoms with Crippen LogP contribution < -0.4 is 5.48 Å². The van der Waals surface area contributed by atoms with Gasteiger partial charge in [0.25, 0.3) is 0 Å². The van der Waals surface area contributed by atoms with Crippen LogP contribution in [-0.2, 0) is 14.4 Å². The van der Waals surface area contributed by atoms with Gasteiger partial charge in [-0.25, -0.2) is 0 Å². The molecule has 0 saturated carbocycles. The molecule has 19 heavy (non-hydrogen) atoms. The van der Waals surface area contributed by atoms with E-state index in [1.807, 2.05) is 13.0 Å². The third kappa shape index (κ3) is 2.86. The second kappa shape index (κ2) is 5.16. The number of phenolic OH excluding ortho intramolecular Hbond substituents is 1. The maximum atomic E-state index is 11.9. The second-order valence-corrected chi connectivity index (χ2v) is 5.75. The van der Waals surface area contributed by atoms with Gasteiger partial charge >= 0.3 is 10.1 Å². The first kappa shape index (κ1) is 13.8. The highest BCUT2D eigenvalue weighted by molar-refractivity contribution is 7.86. The fourth-order valence-electron chi connectivity index (χ4n) is 1.75. The Bertz CT molecular complexity index is 710. The maximum absolute atomic E-state index is 11.9. The van der Waals surface area contributed by atoms with Gasteiger partial charge in [0.1, 0.15) is 5.75 Å². The van der Waals surface area contributed by atoms with Gasteiger partial charge in [0.05, 0.1) is 4.90 Å². The van der Waals surface area contributed by atoms with Crippen molar-refractivity contribution in [1.82, 2.24) is 5.48 Å². The minimum atomic E-state index is -3.92. The first-order valence-electron chi connectivity index (χ1n) is 5.84. The molecule has 5 nitrogen and oxygen atoms in total. The number of benzene rings is 2. The highest BCUT2D eigenvalue weighted by Gasteiger charge is 2.17. The minimum Gasteiger partial charge on any atom is -0.507 e. The number of nitrogens with one attached hydrogen (secondary N) is 1. The molecule has 0 fully saturated rings. The Morgan fingerprint density at radius 1 is 1.26 bits per heavy atom. The quantitative estimate of drug-likeness (QED) is 0.839. The molecule has 2 aromatic rings. The van der Waals surface area contributed by atoms with E-state index < -0.39 is 10.1 Å². The molecule has 102 valence electrons. The molecule has 0 bridgehead atoms. The van der Waals surface area contributed by atoms with Crippen molar-refractivity contribution in [3.8, 4) is 5.75 Å². The van der Waals surface area contributed by atoms with E-state index in [1.165, 1.54) is 12.1 Å². The fourth-order valence-corrected chi connectivity index (χ4v) is 2.65. The summed E-state index contributed by atoms with van der Waals surface area (Å²) in [5.74, 6) is -0.0835. The van der Waals surface area contributed by atoms with Gasteiger partial charge in [-0.05, 0) is 24.4 Å². The van der Waals surface area contributed by atoms with Crippen LogP contribution in [-0.4, -0.2) is 20.1 Å². The Morgan fingerprint density at radius 3 is 2.68 bits per heavy atom. The molecule has 2 rings (SSSR count). The van der Waals surface area contributed by atoms with Crippen molar-refractivity contribution in [3.05, 3.63) is 35.9 Å². The molecule has 0 saturated heterocycles. The van der Waals surface area contributed by atoms with Gasteiger partial charge in [0.2, 0.25) is 0 Å². The van der Waals surface area contributed by atoms with Crippen molar-refractivity contribution in [2.24, 2.45) is 0 Å². The summed E-state index contributed by atoms with van der Waals surface area (Å²) in [6.45, 7) is 3.98. The molecule has 0 radical (unpaired) electrons. The summed E-state index contributed by atoms with van der Waals surface area (Å²) < 4.78 is 28.3. The minimum absolute atomic E-state index is 0.0812. The van der Waals surface area contributed by atoms with Crippen LogP contribution in [0.25, 0.3) is 10.8 Å². The number of fused-ring (bicyclic) bond motifs is 1. The first-order chi connectivity index (χ1) is 8.94. The van der Waals surface area contributed by atoms with Crippen LogP contribution >= 0.6 is 0 Å². The predicted octanol–water partition coefficient (Wildman–Crippen LogP) is 2.08. The molecule has 6 heteroatoms. The Balaban J connectivity index is 2.55. The normalized spacial score (nSPS) is 11.9. The fraction of sp³-hybridized carbons (Fsp3) is 0.231. The highest BCUT2D eigenvalue weighted by atomic mass is 32.2. The second-order valence-electron chi connectivity index (χ2n) is 4.20. The van der Waals surface area contributed by atoms with Crippen molar-refractivity contribution in [2.75, 3.05) is 6.54 Å². The third-order valence-electron chi connectivity index (χ3n) is 2.66. The summed E-state index contributed by atoms with van der Waals surface area (Å²) in [5, 5.41) is 11.2. The summed E-state index contributed by atoms with van der Waals surface area (Å²) in [5.41, 5.74) is 3.28. The number of hydroxylamine groups is 1. The number of phenols is 1. The van der Waals surface area contributed by atoms with Crippen LogP contribution in [0.2, 0.25) is 0 Å². The lowest BCUT2D eigenvalue weighted by atomic mass is 10.1. The number of hydrogen-bond donors (Lipinski definition) is 2. The zero-order valence-electron chi connectivity index (χ0n) is 10.7. The van der Waals surface area contributed by atoms with Gasteiger partial charge in [0, 0.05) is 18.0 Å². The summed E-state index contributed by atoms with van der Waals surface area (Å²) in [4.78, 5) is -0.0812. The van der Waals surface area contributed by atoms with Gasteiger partial charge in [0.15, 0.2) is 0 Å². The smallest absolute Gasteiger partial charge is 0.313 e. The number of rotatable bonds is 4.